The summed E-state index contributed by atoms with van der Waals surface area (Å²) in [4.78, 5) is 20.7. The molecule has 1 aromatic carbocycles. The van der Waals surface area contributed by atoms with Crippen LogP contribution in [0.3, 0.4) is 0 Å². The lowest BCUT2D eigenvalue weighted by Crippen LogP contribution is -2.55. The van der Waals surface area contributed by atoms with Crippen molar-refractivity contribution in [2.24, 2.45) is 28.2 Å². The second-order valence-electron chi connectivity index (χ2n) is 11.1. The molecule has 0 radical (unpaired) electrons. The van der Waals surface area contributed by atoms with E-state index in [2.05, 4.69) is 19.9 Å². The van der Waals surface area contributed by atoms with Crippen LogP contribution in [0.5, 0.6) is 0 Å². The highest BCUT2D eigenvalue weighted by molar-refractivity contribution is 6.41. The van der Waals surface area contributed by atoms with Crippen LogP contribution in [0.4, 0.5) is 0 Å². The number of fused-ring (bicyclic) bond motifs is 3. The van der Waals surface area contributed by atoms with Gasteiger partial charge in [0.2, 0.25) is 0 Å². The van der Waals surface area contributed by atoms with Crippen molar-refractivity contribution < 1.29 is 9.90 Å². The Balaban J connectivity index is 1.49. The lowest BCUT2D eigenvalue weighted by molar-refractivity contribution is -0.127. The van der Waals surface area contributed by atoms with Gasteiger partial charge in [0.1, 0.15) is 11.8 Å². The molecule has 7 atom stereocenters. The van der Waals surface area contributed by atoms with Crippen molar-refractivity contribution in [3.8, 4) is 6.07 Å². The van der Waals surface area contributed by atoms with Gasteiger partial charge in [-0.3, -0.25) is 9.79 Å². The Bertz CT molecular complexity index is 934. The number of aliphatic hydroxyl groups is 1. The number of rotatable bonds is 4. The molecule has 31 heavy (non-hydrogen) atoms. The molecular weight excluding hydrogens is 386 g/mol. The van der Waals surface area contributed by atoms with E-state index in [1.165, 1.54) is 0 Å². The first kappa shape index (κ1) is 20.7. The van der Waals surface area contributed by atoms with Crippen LogP contribution in [0.15, 0.2) is 35.3 Å². The molecule has 1 N–H and O–H groups in total. The van der Waals surface area contributed by atoms with E-state index in [9.17, 15) is 15.2 Å². The monoisotopic (exact) mass is 419 g/mol. The second kappa shape index (κ2) is 7.45. The summed E-state index contributed by atoms with van der Waals surface area (Å²) in [6.45, 7) is 4.81. The van der Waals surface area contributed by atoms with E-state index in [1.807, 2.05) is 35.2 Å². The molecule has 1 aliphatic heterocycles. The number of carbonyl (C=O) groups excluding carboxylic acids is 1. The minimum Gasteiger partial charge on any atom is -0.390 e. The zero-order valence-corrected chi connectivity index (χ0v) is 18.6. The van der Waals surface area contributed by atoms with E-state index in [1.54, 1.807) is 0 Å². The first-order valence-corrected chi connectivity index (χ1v) is 11.8. The molecule has 3 saturated carbocycles. The molecule has 1 saturated heterocycles. The largest absolute Gasteiger partial charge is 0.390 e. The number of nitrogens with zero attached hydrogens (tertiary/aromatic N) is 3. The summed E-state index contributed by atoms with van der Waals surface area (Å²) in [5.41, 5.74) is 0.478. The highest BCUT2D eigenvalue weighted by Gasteiger charge is 2.58. The van der Waals surface area contributed by atoms with Gasteiger partial charge < -0.3 is 10.0 Å². The summed E-state index contributed by atoms with van der Waals surface area (Å²) in [5.74, 6) is 1.35. The van der Waals surface area contributed by atoms with Crippen LogP contribution < -0.4 is 0 Å². The number of hydrogen-bond donors (Lipinski definition) is 1. The molecule has 3 aliphatic carbocycles. The summed E-state index contributed by atoms with van der Waals surface area (Å²) in [6, 6.07) is 12.2. The average molecular weight is 420 g/mol. The summed E-state index contributed by atoms with van der Waals surface area (Å²) in [5, 5.41) is 21.1. The molecule has 4 fully saturated rings. The molecule has 2 bridgehead atoms. The maximum absolute atomic E-state index is 13.9. The molecular formula is C26H33N3O2. The summed E-state index contributed by atoms with van der Waals surface area (Å²) < 4.78 is 0. The minimum absolute atomic E-state index is 0.0633. The number of likely N-dealkylation sites (tertiary alicyclic amines) is 1. The van der Waals surface area contributed by atoms with Crippen molar-refractivity contribution in [3.63, 3.8) is 0 Å². The van der Waals surface area contributed by atoms with Crippen molar-refractivity contribution in [1.29, 1.82) is 5.26 Å². The van der Waals surface area contributed by atoms with E-state index in [0.29, 0.717) is 36.4 Å². The number of carbonyl (C=O) groups is 1. The smallest absolute Gasteiger partial charge is 0.269 e. The van der Waals surface area contributed by atoms with Crippen LogP contribution in [0.1, 0.15) is 64.4 Å². The number of amides is 1. The Labute approximate surface area is 185 Å². The van der Waals surface area contributed by atoms with Crippen LogP contribution in [-0.4, -0.2) is 39.3 Å². The van der Waals surface area contributed by atoms with Gasteiger partial charge in [-0.25, -0.2) is 0 Å². The second-order valence-corrected chi connectivity index (χ2v) is 11.1. The lowest BCUT2D eigenvalue weighted by atomic mass is 9.56. The summed E-state index contributed by atoms with van der Waals surface area (Å²) in [6.07, 6.45) is 6.01. The number of benzene rings is 1. The predicted molar refractivity (Wildman–Crippen MR) is 119 cm³/mol. The Hall–Kier alpha value is -2.19. The number of aliphatic imine (C=N–C) groups is 1. The van der Waals surface area contributed by atoms with Gasteiger partial charge in [-0.05, 0) is 68.3 Å². The SMILES string of the molecule is CC1CC2CC(O)(C1)CC(C)(C(=NCc1ccccc1)C(=O)N1C(C#N)CC3CC31)C2. The lowest BCUT2D eigenvalue weighted by Gasteiger charge is -2.52. The Morgan fingerprint density at radius 2 is 2.00 bits per heavy atom. The molecule has 1 heterocycles. The van der Waals surface area contributed by atoms with E-state index in [0.717, 1.165) is 44.1 Å². The standard InChI is InChI=1S/C26H33N3O2/c1-17-8-19-12-25(2,16-26(31,11-17)13-19)23(28-15-18-6-4-3-5-7-18)24(30)29-21(14-27)9-20-10-22(20)29/h3-7,17,19-22,31H,8-13,15-16H2,1-2H3. The van der Waals surface area contributed by atoms with Gasteiger partial charge in [0.15, 0.2) is 0 Å². The van der Waals surface area contributed by atoms with Crippen molar-refractivity contribution in [2.45, 2.75) is 83.0 Å². The fraction of sp³-hybridized carbons (Fsp3) is 0.654. The Morgan fingerprint density at radius 3 is 2.71 bits per heavy atom. The van der Waals surface area contributed by atoms with Gasteiger partial charge >= 0.3 is 0 Å². The fourth-order valence-electron chi connectivity index (χ4n) is 7.18. The molecule has 0 spiro atoms. The van der Waals surface area contributed by atoms with E-state index >= 15 is 0 Å². The van der Waals surface area contributed by atoms with E-state index < -0.39 is 11.0 Å². The zero-order chi connectivity index (χ0) is 21.8. The van der Waals surface area contributed by atoms with Crippen molar-refractivity contribution in [3.05, 3.63) is 35.9 Å². The molecule has 164 valence electrons. The van der Waals surface area contributed by atoms with Crippen molar-refractivity contribution >= 4 is 11.6 Å². The minimum atomic E-state index is -0.717. The molecule has 0 aromatic heterocycles. The first-order chi connectivity index (χ1) is 14.8. The van der Waals surface area contributed by atoms with E-state index in [-0.39, 0.29) is 18.0 Å². The molecule has 5 heteroatoms. The highest BCUT2D eigenvalue weighted by atomic mass is 16.3. The summed E-state index contributed by atoms with van der Waals surface area (Å²) >= 11 is 0. The van der Waals surface area contributed by atoms with Gasteiger partial charge in [-0.1, -0.05) is 44.2 Å². The van der Waals surface area contributed by atoms with Gasteiger partial charge in [0, 0.05) is 11.5 Å². The molecule has 1 aromatic rings. The summed E-state index contributed by atoms with van der Waals surface area (Å²) in [7, 11) is 0. The molecule has 1 amide bonds. The molecule has 5 rings (SSSR count). The van der Waals surface area contributed by atoms with Crippen LogP contribution in [-0.2, 0) is 11.3 Å². The van der Waals surface area contributed by atoms with Gasteiger partial charge in [0.25, 0.3) is 5.91 Å². The number of nitriles is 1. The third kappa shape index (κ3) is 3.80. The number of piperidine rings is 1. The fourth-order valence-corrected chi connectivity index (χ4v) is 7.18. The Kier molecular flexibility index (Phi) is 4.97. The van der Waals surface area contributed by atoms with Crippen LogP contribution in [0, 0.1) is 34.5 Å². The topological polar surface area (TPSA) is 76.7 Å². The maximum Gasteiger partial charge on any atom is 0.269 e. The van der Waals surface area contributed by atoms with Crippen LogP contribution >= 0.6 is 0 Å². The number of hydrogen-bond acceptors (Lipinski definition) is 4. The van der Waals surface area contributed by atoms with Crippen molar-refractivity contribution in [2.75, 3.05) is 0 Å². The molecule has 4 aliphatic rings. The average Bonchev–Trinajstić information content (AvgIpc) is 3.36. The van der Waals surface area contributed by atoms with E-state index in [4.69, 9.17) is 4.99 Å². The first-order valence-electron chi connectivity index (χ1n) is 11.8. The predicted octanol–water partition coefficient (Wildman–Crippen LogP) is 4.11. The van der Waals surface area contributed by atoms with Gasteiger partial charge in [0.05, 0.1) is 18.2 Å². The van der Waals surface area contributed by atoms with Gasteiger partial charge in [-0.2, -0.15) is 5.26 Å². The highest BCUT2D eigenvalue weighted by Crippen LogP contribution is 2.54. The maximum atomic E-state index is 13.9. The molecule has 7 unspecified atom stereocenters. The quantitative estimate of drug-likeness (QED) is 0.746. The third-order valence-corrected chi connectivity index (χ3v) is 8.12. The van der Waals surface area contributed by atoms with Crippen LogP contribution in [0.2, 0.25) is 0 Å². The zero-order valence-electron chi connectivity index (χ0n) is 18.6. The third-order valence-electron chi connectivity index (χ3n) is 8.12. The van der Waals surface area contributed by atoms with Crippen molar-refractivity contribution in [1.82, 2.24) is 4.90 Å². The normalized spacial score (nSPS) is 41.4. The van der Waals surface area contributed by atoms with Gasteiger partial charge in [-0.15, -0.1) is 0 Å². The van der Waals surface area contributed by atoms with Crippen LogP contribution in [0.25, 0.3) is 0 Å². The molecule has 5 nitrogen and oxygen atoms in total. The Morgan fingerprint density at radius 1 is 1.23 bits per heavy atom.